The van der Waals surface area contributed by atoms with Crippen molar-refractivity contribution >= 4 is 5.82 Å². The maximum absolute atomic E-state index is 6.26. The Bertz CT molecular complexity index is 888. The molecule has 2 aromatic heterocycles. The van der Waals surface area contributed by atoms with Crippen LogP contribution in [0.5, 0.6) is 5.75 Å². The Labute approximate surface area is 166 Å². The molecule has 0 unspecified atom stereocenters. The minimum absolute atomic E-state index is 0.510. The first-order chi connectivity index (χ1) is 13.8. The number of nitrogens with one attached hydrogen (secondary N) is 1. The Kier molecular flexibility index (Phi) is 5.87. The van der Waals surface area contributed by atoms with Gasteiger partial charge in [-0.05, 0) is 61.3 Å². The first kappa shape index (κ1) is 18.5. The molecular formula is C22H27N5O. The van der Waals surface area contributed by atoms with Crippen LogP contribution in [0.2, 0.25) is 0 Å². The van der Waals surface area contributed by atoms with E-state index in [4.69, 9.17) is 4.74 Å². The number of rotatable bonds is 8. The minimum Gasteiger partial charge on any atom is -0.489 e. The van der Waals surface area contributed by atoms with Crippen molar-refractivity contribution in [2.24, 2.45) is 0 Å². The van der Waals surface area contributed by atoms with Gasteiger partial charge in [-0.25, -0.2) is 4.98 Å². The lowest BCUT2D eigenvalue weighted by molar-refractivity contribution is 0.299. The number of nitrogens with zero attached hydrogens (tertiary/aromatic N) is 4. The third kappa shape index (κ3) is 4.70. The van der Waals surface area contributed by atoms with E-state index >= 15 is 0 Å². The highest BCUT2D eigenvalue weighted by Crippen LogP contribution is 2.25. The van der Waals surface area contributed by atoms with Gasteiger partial charge in [0.2, 0.25) is 0 Å². The summed E-state index contributed by atoms with van der Waals surface area (Å²) in [6.07, 6.45) is 8.19. The summed E-state index contributed by atoms with van der Waals surface area (Å²) >= 11 is 0. The number of pyridine rings is 1. The van der Waals surface area contributed by atoms with E-state index in [1.807, 2.05) is 36.1 Å². The zero-order valence-electron chi connectivity index (χ0n) is 16.3. The van der Waals surface area contributed by atoms with Crippen molar-refractivity contribution in [2.45, 2.75) is 32.5 Å². The number of benzene rings is 1. The van der Waals surface area contributed by atoms with E-state index in [1.165, 1.54) is 31.5 Å². The second kappa shape index (κ2) is 8.89. The topological polar surface area (TPSA) is 55.2 Å². The lowest BCUT2D eigenvalue weighted by Gasteiger charge is -2.18. The van der Waals surface area contributed by atoms with Crippen molar-refractivity contribution in [2.75, 3.05) is 25.5 Å². The van der Waals surface area contributed by atoms with Gasteiger partial charge in [-0.15, -0.1) is 0 Å². The maximum Gasteiger partial charge on any atom is 0.126 e. The molecule has 1 aromatic carbocycles. The Hall–Kier alpha value is -2.86. The van der Waals surface area contributed by atoms with E-state index in [1.54, 1.807) is 12.4 Å². The van der Waals surface area contributed by atoms with Crippen LogP contribution in [0.4, 0.5) is 5.82 Å². The van der Waals surface area contributed by atoms with Crippen molar-refractivity contribution < 1.29 is 4.74 Å². The average Bonchev–Trinajstić information content (AvgIpc) is 3.42. The van der Waals surface area contributed by atoms with Crippen LogP contribution in [0, 0.1) is 0 Å². The number of hydrogen-bond acceptors (Lipinski definition) is 5. The van der Waals surface area contributed by atoms with E-state index in [2.05, 4.69) is 38.5 Å². The monoisotopic (exact) mass is 377 g/mol. The average molecular weight is 377 g/mol. The van der Waals surface area contributed by atoms with Crippen LogP contribution in [-0.4, -0.2) is 39.8 Å². The van der Waals surface area contributed by atoms with Crippen LogP contribution in [0.25, 0.3) is 0 Å². The molecule has 4 rings (SSSR count). The van der Waals surface area contributed by atoms with Crippen molar-refractivity contribution in [1.82, 2.24) is 19.7 Å². The van der Waals surface area contributed by atoms with Crippen LogP contribution in [0.1, 0.15) is 29.5 Å². The van der Waals surface area contributed by atoms with Gasteiger partial charge in [0.05, 0.1) is 6.54 Å². The Morgan fingerprint density at radius 3 is 2.71 bits per heavy atom. The van der Waals surface area contributed by atoms with Crippen LogP contribution in [0.15, 0.2) is 55.0 Å². The van der Waals surface area contributed by atoms with Crippen LogP contribution >= 0.6 is 0 Å². The molecule has 3 heterocycles. The largest absolute Gasteiger partial charge is 0.489 e. The molecule has 6 nitrogen and oxygen atoms in total. The highest BCUT2D eigenvalue weighted by molar-refractivity contribution is 5.39. The van der Waals surface area contributed by atoms with E-state index in [0.29, 0.717) is 13.2 Å². The van der Waals surface area contributed by atoms with Gasteiger partial charge < -0.3 is 10.1 Å². The molecule has 1 fully saturated rings. The van der Waals surface area contributed by atoms with Gasteiger partial charge in [0, 0.05) is 37.7 Å². The molecule has 3 aromatic rings. The van der Waals surface area contributed by atoms with Gasteiger partial charge in [0.25, 0.3) is 0 Å². The molecule has 0 aliphatic carbocycles. The molecule has 1 N–H and O–H groups in total. The molecule has 0 atom stereocenters. The first-order valence-corrected chi connectivity index (χ1v) is 9.87. The van der Waals surface area contributed by atoms with E-state index in [9.17, 15) is 0 Å². The van der Waals surface area contributed by atoms with Crippen molar-refractivity contribution in [3.05, 3.63) is 71.7 Å². The molecule has 0 bridgehead atoms. The Morgan fingerprint density at radius 2 is 1.93 bits per heavy atom. The SMILES string of the molecule is CNc1cc(COc2cc(CN3CCCC3)ccc2Cn2cccn2)ccn1. The number of likely N-dealkylation sites (tertiary alicyclic amines) is 1. The molecule has 0 amide bonds. The predicted molar refractivity (Wildman–Crippen MR) is 110 cm³/mol. The van der Waals surface area contributed by atoms with Gasteiger partial charge in [0.15, 0.2) is 0 Å². The van der Waals surface area contributed by atoms with Crippen molar-refractivity contribution in [3.63, 3.8) is 0 Å². The van der Waals surface area contributed by atoms with Gasteiger partial charge in [0.1, 0.15) is 18.2 Å². The smallest absolute Gasteiger partial charge is 0.126 e. The maximum atomic E-state index is 6.26. The Morgan fingerprint density at radius 1 is 1.04 bits per heavy atom. The highest BCUT2D eigenvalue weighted by Gasteiger charge is 2.14. The molecule has 0 saturated carbocycles. The van der Waals surface area contributed by atoms with Crippen molar-refractivity contribution in [1.29, 1.82) is 0 Å². The zero-order valence-corrected chi connectivity index (χ0v) is 16.3. The second-order valence-electron chi connectivity index (χ2n) is 7.22. The molecular weight excluding hydrogens is 350 g/mol. The number of aromatic nitrogens is 3. The van der Waals surface area contributed by atoms with Crippen LogP contribution in [0.3, 0.4) is 0 Å². The van der Waals surface area contributed by atoms with Gasteiger partial charge >= 0.3 is 0 Å². The third-order valence-corrected chi connectivity index (χ3v) is 5.10. The fourth-order valence-corrected chi connectivity index (χ4v) is 3.59. The molecule has 6 heteroatoms. The van der Waals surface area contributed by atoms with Gasteiger partial charge in [-0.1, -0.05) is 12.1 Å². The fourth-order valence-electron chi connectivity index (χ4n) is 3.59. The lowest BCUT2D eigenvalue weighted by atomic mass is 10.1. The summed E-state index contributed by atoms with van der Waals surface area (Å²) in [5.41, 5.74) is 3.53. The van der Waals surface area contributed by atoms with Crippen LogP contribution in [-0.2, 0) is 19.7 Å². The first-order valence-electron chi connectivity index (χ1n) is 9.87. The molecule has 1 aliphatic rings. The minimum atomic E-state index is 0.510. The quantitative estimate of drug-likeness (QED) is 0.651. The predicted octanol–water partition coefficient (Wildman–Crippen LogP) is 3.54. The molecule has 146 valence electrons. The van der Waals surface area contributed by atoms with Gasteiger partial charge in [-0.3, -0.25) is 9.58 Å². The van der Waals surface area contributed by atoms with E-state index in [0.717, 1.165) is 29.2 Å². The number of hydrogen-bond donors (Lipinski definition) is 1. The molecule has 28 heavy (non-hydrogen) atoms. The van der Waals surface area contributed by atoms with Crippen LogP contribution < -0.4 is 10.1 Å². The number of ether oxygens (including phenoxy) is 1. The standard InChI is InChI=1S/C22H27N5O/c1-23-22-14-19(7-9-24-22)17-28-21-13-18(15-26-10-2-3-11-26)5-6-20(21)16-27-12-4-8-25-27/h4-9,12-14H,2-3,10-11,15-17H2,1H3,(H,23,24). The molecule has 1 aliphatic heterocycles. The van der Waals surface area contributed by atoms with E-state index < -0.39 is 0 Å². The summed E-state index contributed by atoms with van der Waals surface area (Å²) in [6, 6.07) is 12.5. The second-order valence-corrected chi connectivity index (χ2v) is 7.22. The highest BCUT2D eigenvalue weighted by atomic mass is 16.5. The van der Waals surface area contributed by atoms with Crippen molar-refractivity contribution in [3.8, 4) is 5.75 Å². The normalized spacial score (nSPS) is 14.3. The number of anilines is 1. The zero-order chi connectivity index (χ0) is 19.2. The fraction of sp³-hybridized carbons (Fsp3) is 0.364. The third-order valence-electron chi connectivity index (χ3n) is 5.10. The summed E-state index contributed by atoms with van der Waals surface area (Å²) in [5.74, 6) is 1.77. The molecule has 1 saturated heterocycles. The summed E-state index contributed by atoms with van der Waals surface area (Å²) in [5, 5.41) is 7.41. The summed E-state index contributed by atoms with van der Waals surface area (Å²) in [6.45, 7) is 4.57. The van der Waals surface area contributed by atoms with E-state index in [-0.39, 0.29) is 0 Å². The lowest BCUT2D eigenvalue weighted by Crippen LogP contribution is -2.18. The summed E-state index contributed by atoms with van der Waals surface area (Å²) in [4.78, 5) is 6.78. The van der Waals surface area contributed by atoms with Gasteiger partial charge in [-0.2, -0.15) is 5.10 Å². The summed E-state index contributed by atoms with van der Waals surface area (Å²) < 4.78 is 8.19. The summed E-state index contributed by atoms with van der Waals surface area (Å²) in [7, 11) is 1.87. The molecule has 0 spiro atoms. The molecule has 0 radical (unpaired) electrons. The Balaban J connectivity index is 1.53.